The van der Waals surface area contributed by atoms with Gasteiger partial charge in [-0.1, -0.05) is 23.2 Å². The Bertz CT molecular complexity index is 429. The van der Waals surface area contributed by atoms with Crippen molar-refractivity contribution in [3.05, 3.63) is 28.2 Å². The Labute approximate surface area is 102 Å². The van der Waals surface area contributed by atoms with Gasteiger partial charge in [0.05, 0.1) is 5.02 Å². The monoisotopic (exact) mass is 259 g/mol. The standard InChI is InChI=1S/C10H7Cl2NO3/c11-7-1-2-9(8(12)5-7)16-6-10(14)15-4-3-13/h1-2,5H,4,6H2. The zero-order chi connectivity index (χ0) is 12.0. The predicted octanol–water partition coefficient (Wildman–Crippen LogP) is 2.44. The number of nitriles is 1. The predicted molar refractivity (Wildman–Crippen MR) is 58.5 cm³/mol. The molecule has 84 valence electrons. The van der Waals surface area contributed by atoms with Crippen molar-refractivity contribution in [2.45, 2.75) is 0 Å². The van der Waals surface area contributed by atoms with Gasteiger partial charge in [0.1, 0.15) is 11.8 Å². The second kappa shape index (κ2) is 6.21. The third kappa shape index (κ3) is 3.97. The van der Waals surface area contributed by atoms with E-state index in [4.69, 9.17) is 33.2 Å². The summed E-state index contributed by atoms with van der Waals surface area (Å²) in [5.74, 6) is -0.299. The largest absolute Gasteiger partial charge is 0.480 e. The number of carbonyl (C=O) groups excluding carboxylic acids is 1. The SMILES string of the molecule is N#CCOC(=O)COc1ccc(Cl)cc1Cl. The van der Waals surface area contributed by atoms with E-state index in [9.17, 15) is 4.79 Å². The fraction of sp³-hybridized carbons (Fsp3) is 0.200. The molecule has 0 fully saturated rings. The van der Waals surface area contributed by atoms with Crippen LogP contribution < -0.4 is 4.74 Å². The zero-order valence-electron chi connectivity index (χ0n) is 8.07. The van der Waals surface area contributed by atoms with Gasteiger partial charge in [0, 0.05) is 5.02 Å². The fourth-order valence-corrected chi connectivity index (χ4v) is 1.35. The Kier molecular flexibility index (Phi) is 4.90. The first kappa shape index (κ1) is 12.6. The molecular formula is C10H7Cl2NO3. The van der Waals surface area contributed by atoms with Crippen LogP contribution >= 0.6 is 23.2 Å². The Balaban J connectivity index is 2.49. The van der Waals surface area contributed by atoms with Gasteiger partial charge in [0.15, 0.2) is 13.2 Å². The molecule has 0 aliphatic rings. The van der Waals surface area contributed by atoms with E-state index < -0.39 is 5.97 Å². The fourth-order valence-electron chi connectivity index (χ4n) is 0.883. The van der Waals surface area contributed by atoms with Crippen molar-refractivity contribution in [1.29, 1.82) is 5.26 Å². The van der Waals surface area contributed by atoms with Crippen molar-refractivity contribution in [2.24, 2.45) is 0 Å². The van der Waals surface area contributed by atoms with Crippen LogP contribution in [0.1, 0.15) is 0 Å². The summed E-state index contributed by atoms with van der Waals surface area (Å²) in [6.07, 6.45) is 0. The first-order chi connectivity index (χ1) is 7.63. The number of hydrogen-bond acceptors (Lipinski definition) is 4. The molecule has 4 nitrogen and oxygen atoms in total. The van der Waals surface area contributed by atoms with E-state index in [0.29, 0.717) is 15.8 Å². The van der Waals surface area contributed by atoms with E-state index in [1.807, 2.05) is 0 Å². The minimum absolute atomic E-state index is 0.295. The number of esters is 1. The number of ether oxygens (including phenoxy) is 2. The zero-order valence-corrected chi connectivity index (χ0v) is 9.59. The minimum Gasteiger partial charge on any atom is -0.480 e. The Hall–Kier alpha value is -1.44. The van der Waals surface area contributed by atoms with Gasteiger partial charge >= 0.3 is 5.97 Å². The molecule has 0 spiro atoms. The Morgan fingerprint density at radius 3 is 2.81 bits per heavy atom. The lowest BCUT2D eigenvalue weighted by atomic mass is 10.3. The molecule has 0 atom stereocenters. The molecule has 0 saturated heterocycles. The third-order valence-electron chi connectivity index (χ3n) is 1.54. The van der Waals surface area contributed by atoms with Crippen molar-refractivity contribution in [2.75, 3.05) is 13.2 Å². The molecule has 6 heteroatoms. The highest BCUT2D eigenvalue weighted by Gasteiger charge is 2.06. The molecule has 1 aromatic carbocycles. The normalized spacial score (nSPS) is 9.31. The quantitative estimate of drug-likeness (QED) is 0.780. The highest BCUT2D eigenvalue weighted by molar-refractivity contribution is 6.35. The average molecular weight is 260 g/mol. The van der Waals surface area contributed by atoms with Gasteiger partial charge in [-0.25, -0.2) is 4.79 Å². The first-order valence-corrected chi connectivity index (χ1v) is 4.99. The van der Waals surface area contributed by atoms with Crippen LogP contribution in [0.5, 0.6) is 5.75 Å². The number of nitrogens with zero attached hydrogens (tertiary/aromatic N) is 1. The summed E-state index contributed by atoms with van der Waals surface area (Å²) in [6, 6.07) is 6.30. The van der Waals surface area contributed by atoms with Gasteiger partial charge in [-0.2, -0.15) is 5.26 Å². The van der Waals surface area contributed by atoms with Crippen LogP contribution in [0.15, 0.2) is 18.2 Å². The molecule has 0 heterocycles. The summed E-state index contributed by atoms with van der Waals surface area (Å²) < 4.78 is 9.56. The van der Waals surface area contributed by atoms with E-state index >= 15 is 0 Å². The second-order valence-electron chi connectivity index (χ2n) is 2.68. The third-order valence-corrected chi connectivity index (χ3v) is 2.07. The van der Waals surface area contributed by atoms with Crippen LogP contribution in [-0.2, 0) is 9.53 Å². The summed E-state index contributed by atoms with van der Waals surface area (Å²) >= 11 is 11.5. The van der Waals surface area contributed by atoms with E-state index in [-0.39, 0.29) is 13.2 Å². The number of halogens is 2. The summed E-state index contributed by atoms with van der Waals surface area (Å²) in [6.45, 7) is -0.598. The maximum atomic E-state index is 11.0. The lowest BCUT2D eigenvalue weighted by Gasteiger charge is -2.06. The van der Waals surface area contributed by atoms with Crippen LogP contribution in [0.4, 0.5) is 0 Å². The molecule has 0 aliphatic carbocycles. The average Bonchev–Trinajstić information content (AvgIpc) is 2.25. The second-order valence-corrected chi connectivity index (χ2v) is 3.53. The summed E-state index contributed by atoms with van der Waals surface area (Å²) in [5.41, 5.74) is 0. The van der Waals surface area contributed by atoms with Gasteiger partial charge in [0.2, 0.25) is 0 Å². The molecule has 1 aromatic rings. The molecule has 0 aromatic heterocycles. The molecule has 0 unspecified atom stereocenters. The highest BCUT2D eigenvalue weighted by Crippen LogP contribution is 2.27. The Morgan fingerprint density at radius 2 is 2.19 bits per heavy atom. The minimum atomic E-state index is -0.632. The molecular weight excluding hydrogens is 253 g/mol. The van der Waals surface area contributed by atoms with Gasteiger partial charge in [0.25, 0.3) is 0 Å². The number of rotatable bonds is 4. The molecule has 1 rings (SSSR count). The van der Waals surface area contributed by atoms with Crippen molar-refractivity contribution in [1.82, 2.24) is 0 Å². The van der Waals surface area contributed by atoms with Crippen molar-refractivity contribution in [3.8, 4) is 11.8 Å². The van der Waals surface area contributed by atoms with Crippen LogP contribution in [0.2, 0.25) is 10.0 Å². The molecule has 16 heavy (non-hydrogen) atoms. The molecule has 0 aliphatic heterocycles. The van der Waals surface area contributed by atoms with Gasteiger partial charge in [-0.05, 0) is 18.2 Å². The summed E-state index contributed by atoms with van der Waals surface area (Å²) in [5, 5.41) is 8.95. The van der Waals surface area contributed by atoms with E-state index in [1.54, 1.807) is 18.2 Å². The van der Waals surface area contributed by atoms with Crippen LogP contribution in [0.25, 0.3) is 0 Å². The van der Waals surface area contributed by atoms with Gasteiger partial charge in [-0.3, -0.25) is 0 Å². The maximum absolute atomic E-state index is 11.0. The van der Waals surface area contributed by atoms with Crippen LogP contribution in [-0.4, -0.2) is 19.2 Å². The lowest BCUT2D eigenvalue weighted by molar-refractivity contribution is -0.144. The lowest BCUT2D eigenvalue weighted by Crippen LogP contribution is -2.15. The van der Waals surface area contributed by atoms with Crippen LogP contribution in [0, 0.1) is 11.3 Å². The number of carbonyl (C=O) groups is 1. The topological polar surface area (TPSA) is 59.3 Å². The van der Waals surface area contributed by atoms with Crippen molar-refractivity contribution < 1.29 is 14.3 Å². The smallest absolute Gasteiger partial charge is 0.345 e. The Morgan fingerprint density at radius 1 is 1.44 bits per heavy atom. The first-order valence-electron chi connectivity index (χ1n) is 4.24. The van der Waals surface area contributed by atoms with Gasteiger partial charge in [-0.15, -0.1) is 0 Å². The molecule has 0 amide bonds. The summed E-state index contributed by atoms with van der Waals surface area (Å²) in [4.78, 5) is 11.0. The van der Waals surface area contributed by atoms with Crippen LogP contribution in [0.3, 0.4) is 0 Å². The summed E-state index contributed by atoms with van der Waals surface area (Å²) in [7, 11) is 0. The maximum Gasteiger partial charge on any atom is 0.345 e. The van der Waals surface area contributed by atoms with Crippen molar-refractivity contribution >= 4 is 29.2 Å². The van der Waals surface area contributed by atoms with E-state index in [2.05, 4.69) is 4.74 Å². The van der Waals surface area contributed by atoms with E-state index in [0.717, 1.165) is 0 Å². The molecule has 0 radical (unpaired) electrons. The number of hydrogen-bond donors (Lipinski definition) is 0. The molecule has 0 N–H and O–H groups in total. The molecule has 0 saturated carbocycles. The van der Waals surface area contributed by atoms with Gasteiger partial charge < -0.3 is 9.47 Å². The highest BCUT2D eigenvalue weighted by atomic mass is 35.5. The molecule has 0 bridgehead atoms. The van der Waals surface area contributed by atoms with E-state index in [1.165, 1.54) is 6.07 Å². The van der Waals surface area contributed by atoms with Crippen molar-refractivity contribution in [3.63, 3.8) is 0 Å². The number of benzene rings is 1.